The van der Waals surface area contributed by atoms with Crippen molar-refractivity contribution in [3.05, 3.63) is 35.1 Å². The normalized spacial score (nSPS) is 25.0. The van der Waals surface area contributed by atoms with Crippen LogP contribution < -0.4 is 0 Å². The number of fused-ring (bicyclic) bond motifs is 1. The monoisotopic (exact) mass is 210 g/mol. The number of methoxy groups -OCH3 is 1. The van der Waals surface area contributed by atoms with Crippen LogP contribution in [-0.2, 0) is 16.8 Å². The van der Waals surface area contributed by atoms with Gasteiger partial charge in [-0.3, -0.25) is 0 Å². The van der Waals surface area contributed by atoms with Crippen molar-refractivity contribution in [1.29, 1.82) is 0 Å². The zero-order valence-electron chi connectivity index (χ0n) is 8.79. The summed E-state index contributed by atoms with van der Waals surface area (Å²) in [5.74, 6) is -0.301. The summed E-state index contributed by atoms with van der Waals surface area (Å²) in [7, 11) is 1.55. The van der Waals surface area contributed by atoms with Gasteiger partial charge in [0.1, 0.15) is 11.4 Å². The van der Waals surface area contributed by atoms with Gasteiger partial charge in [-0.2, -0.15) is 0 Å². The molecule has 1 atom stereocenters. The molecule has 0 amide bonds. The minimum absolute atomic E-state index is 0.226. The molecule has 1 aliphatic carbocycles. The second kappa shape index (κ2) is 3.91. The van der Waals surface area contributed by atoms with E-state index < -0.39 is 5.60 Å². The summed E-state index contributed by atoms with van der Waals surface area (Å²) in [6.45, 7) is 0.226. The van der Waals surface area contributed by atoms with Gasteiger partial charge in [-0.15, -0.1) is 0 Å². The van der Waals surface area contributed by atoms with Gasteiger partial charge in [0.15, 0.2) is 0 Å². The Morgan fingerprint density at radius 1 is 1.53 bits per heavy atom. The number of hydrogen-bond acceptors (Lipinski definition) is 2. The molecule has 0 spiro atoms. The second-order valence-electron chi connectivity index (χ2n) is 4.12. The first-order valence-electron chi connectivity index (χ1n) is 5.16. The van der Waals surface area contributed by atoms with E-state index in [2.05, 4.69) is 0 Å². The van der Waals surface area contributed by atoms with Crippen molar-refractivity contribution in [2.24, 2.45) is 0 Å². The molecule has 3 heteroatoms. The van der Waals surface area contributed by atoms with Crippen LogP contribution in [0.3, 0.4) is 0 Å². The molecular weight excluding hydrogens is 195 g/mol. The quantitative estimate of drug-likeness (QED) is 0.809. The predicted molar refractivity (Wildman–Crippen MR) is 55.1 cm³/mol. The first-order valence-corrected chi connectivity index (χ1v) is 5.16. The maximum atomic E-state index is 13.1. The second-order valence-corrected chi connectivity index (χ2v) is 4.12. The summed E-state index contributed by atoms with van der Waals surface area (Å²) in [4.78, 5) is 0. The Kier molecular flexibility index (Phi) is 2.76. The molecule has 1 aliphatic rings. The van der Waals surface area contributed by atoms with Crippen LogP contribution in [0.1, 0.15) is 24.0 Å². The maximum Gasteiger partial charge on any atom is 0.123 e. The molecule has 0 aliphatic heterocycles. The number of hydrogen-bond donors (Lipinski definition) is 1. The number of halogens is 1. The van der Waals surface area contributed by atoms with E-state index >= 15 is 0 Å². The minimum Gasteiger partial charge on any atom is -0.383 e. The lowest BCUT2D eigenvalue weighted by Crippen LogP contribution is -2.35. The molecule has 0 aromatic heterocycles. The summed E-state index contributed by atoms with van der Waals surface area (Å²) in [6, 6.07) is 4.62. The van der Waals surface area contributed by atoms with E-state index in [1.54, 1.807) is 13.2 Å². The number of rotatable bonds is 2. The van der Waals surface area contributed by atoms with E-state index in [9.17, 15) is 9.50 Å². The highest BCUT2D eigenvalue weighted by Gasteiger charge is 2.34. The van der Waals surface area contributed by atoms with Gasteiger partial charge in [0.2, 0.25) is 0 Å². The average molecular weight is 210 g/mol. The highest BCUT2D eigenvalue weighted by Crippen LogP contribution is 2.35. The zero-order chi connectivity index (χ0) is 10.9. The molecule has 82 valence electrons. The molecule has 1 N–H and O–H groups in total. The molecule has 0 fully saturated rings. The Balaban J connectivity index is 2.44. The van der Waals surface area contributed by atoms with Gasteiger partial charge in [0, 0.05) is 7.11 Å². The SMILES string of the molecule is COCC1(O)CCCc2ccc(F)cc21. The standard InChI is InChI=1S/C12H15FO2/c1-15-8-12(14)6-2-3-9-4-5-10(13)7-11(9)12/h4-5,7,14H,2-3,6,8H2,1H3. The van der Waals surface area contributed by atoms with E-state index in [4.69, 9.17) is 4.74 Å². The average Bonchev–Trinajstić information content (AvgIpc) is 2.20. The molecule has 0 saturated heterocycles. The van der Waals surface area contributed by atoms with Crippen molar-refractivity contribution >= 4 is 0 Å². The molecule has 2 rings (SSSR count). The predicted octanol–water partition coefficient (Wildman–Crippen LogP) is 2.00. The molecule has 1 aromatic rings. The summed E-state index contributed by atoms with van der Waals surface area (Å²) in [5.41, 5.74) is 0.711. The van der Waals surface area contributed by atoms with Gasteiger partial charge < -0.3 is 9.84 Å². The Bertz CT molecular complexity index is 365. The highest BCUT2D eigenvalue weighted by molar-refractivity contribution is 5.35. The highest BCUT2D eigenvalue weighted by atomic mass is 19.1. The fourth-order valence-corrected chi connectivity index (χ4v) is 2.29. The van der Waals surface area contributed by atoms with Crippen LogP contribution in [0.2, 0.25) is 0 Å². The molecule has 2 nitrogen and oxygen atoms in total. The topological polar surface area (TPSA) is 29.5 Å². The minimum atomic E-state index is -1.01. The molecule has 0 radical (unpaired) electrons. The summed E-state index contributed by atoms with van der Waals surface area (Å²) in [6.07, 6.45) is 2.46. The first-order chi connectivity index (χ1) is 7.15. The van der Waals surface area contributed by atoms with Crippen molar-refractivity contribution in [2.75, 3.05) is 13.7 Å². The lowest BCUT2D eigenvalue weighted by Gasteiger charge is -2.33. The van der Waals surface area contributed by atoms with E-state index in [0.29, 0.717) is 12.0 Å². The molecule has 1 unspecified atom stereocenters. The van der Waals surface area contributed by atoms with E-state index in [1.165, 1.54) is 12.1 Å². The van der Waals surface area contributed by atoms with Crippen LogP contribution in [0.25, 0.3) is 0 Å². The molecule has 0 saturated carbocycles. The molecule has 0 bridgehead atoms. The van der Waals surface area contributed by atoms with Crippen molar-refractivity contribution in [3.63, 3.8) is 0 Å². The number of aliphatic hydroxyl groups is 1. The summed E-state index contributed by atoms with van der Waals surface area (Å²) < 4.78 is 18.1. The largest absolute Gasteiger partial charge is 0.383 e. The van der Waals surface area contributed by atoms with Crippen molar-refractivity contribution < 1.29 is 14.2 Å². The Hall–Kier alpha value is -0.930. The van der Waals surface area contributed by atoms with Crippen LogP contribution in [0.5, 0.6) is 0 Å². The molecule has 0 heterocycles. The van der Waals surface area contributed by atoms with Gasteiger partial charge >= 0.3 is 0 Å². The van der Waals surface area contributed by atoms with E-state index in [-0.39, 0.29) is 12.4 Å². The van der Waals surface area contributed by atoms with Gasteiger partial charge in [-0.1, -0.05) is 6.07 Å². The molecule has 1 aromatic carbocycles. The maximum absolute atomic E-state index is 13.1. The van der Waals surface area contributed by atoms with Crippen LogP contribution in [0.4, 0.5) is 4.39 Å². The zero-order valence-corrected chi connectivity index (χ0v) is 8.79. The summed E-state index contributed by atoms with van der Waals surface area (Å²) in [5, 5.41) is 10.4. The fourth-order valence-electron chi connectivity index (χ4n) is 2.29. The third kappa shape index (κ3) is 1.90. The van der Waals surface area contributed by atoms with Gasteiger partial charge in [0.25, 0.3) is 0 Å². The lowest BCUT2D eigenvalue weighted by molar-refractivity contribution is -0.0481. The van der Waals surface area contributed by atoms with Crippen LogP contribution in [0, 0.1) is 5.82 Å². The fraction of sp³-hybridized carbons (Fsp3) is 0.500. The number of aryl methyl sites for hydroxylation is 1. The van der Waals surface area contributed by atoms with E-state index in [1.807, 2.05) is 0 Å². The van der Waals surface area contributed by atoms with Gasteiger partial charge in [0.05, 0.1) is 6.61 Å². The van der Waals surface area contributed by atoms with E-state index in [0.717, 1.165) is 18.4 Å². The van der Waals surface area contributed by atoms with Gasteiger partial charge in [-0.05, 0) is 42.5 Å². The van der Waals surface area contributed by atoms with Crippen molar-refractivity contribution in [1.82, 2.24) is 0 Å². The van der Waals surface area contributed by atoms with Crippen LogP contribution in [-0.4, -0.2) is 18.8 Å². The molecular formula is C12H15FO2. The van der Waals surface area contributed by atoms with Crippen molar-refractivity contribution in [3.8, 4) is 0 Å². The first kappa shape index (κ1) is 10.6. The smallest absolute Gasteiger partial charge is 0.123 e. The van der Waals surface area contributed by atoms with Gasteiger partial charge in [-0.25, -0.2) is 4.39 Å². The Morgan fingerprint density at radius 2 is 2.33 bits per heavy atom. The van der Waals surface area contributed by atoms with Crippen LogP contribution in [0.15, 0.2) is 18.2 Å². The summed E-state index contributed by atoms with van der Waals surface area (Å²) >= 11 is 0. The lowest BCUT2D eigenvalue weighted by atomic mass is 9.79. The van der Waals surface area contributed by atoms with Crippen molar-refractivity contribution in [2.45, 2.75) is 24.9 Å². The Morgan fingerprint density at radius 3 is 3.07 bits per heavy atom. The Labute approximate surface area is 88.7 Å². The number of ether oxygens (including phenoxy) is 1. The number of benzene rings is 1. The third-order valence-corrected chi connectivity index (χ3v) is 2.99. The molecule has 15 heavy (non-hydrogen) atoms. The third-order valence-electron chi connectivity index (χ3n) is 2.99. The van der Waals surface area contributed by atoms with Crippen LogP contribution >= 0.6 is 0 Å².